The fourth-order valence-electron chi connectivity index (χ4n) is 3.24. The first-order chi connectivity index (χ1) is 10.8. The number of rotatable bonds is 4. The summed E-state index contributed by atoms with van der Waals surface area (Å²) in [4.78, 5) is 22.7. The number of hydrogen-bond acceptors (Lipinski definition) is 4. The van der Waals surface area contributed by atoms with Gasteiger partial charge in [0.05, 0.1) is 10.5 Å². The van der Waals surface area contributed by atoms with Crippen molar-refractivity contribution in [2.24, 2.45) is 17.8 Å². The molecule has 0 aliphatic heterocycles. The minimum Gasteiger partial charge on any atom is -0.458 e. The Hall–Kier alpha value is -1.62. The van der Waals surface area contributed by atoms with Crippen molar-refractivity contribution in [3.8, 4) is 0 Å². The van der Waals surface area contributed by atoms with E-state index in [2.05, 4.69) is 20.8 Å². The molecule has 0 spiro atoms. The van der Waals surface area contributed by atoms with E-state index in [0.29, 0.717) is 17.8 Å². The Balaban J connectivity index is 2.17. The van der Waals surface area contributed by atoms with Crippen molar-refractivity contribution in [1.82, 2.24) is 0 Å². The van der Waals surface area contributed by atoms with Crippen molar-refractivity contribution in [2.75, 3.05) is 0 Å². The topological polar surface area (TPSA) is 69.4 Å². The fourth-order valence-corrected chi connectivity index (χ4v) is 3.42. The molecule has 1 aliphatic carbocycles. The lowest BCUT2D eigenvalue weighted by atomic mass is 9.75. The van der Waals surface area contributed by atoms with Crippen LogP contribution in [0.4, 0.5) is 5.69 Å². The van der Waals surface area contributed by atoms with E-state index in [1.807, 2.05) is 0 Å². The third kappa shape index (κ3) is 4.22. The van der Waals surface area contributed by atoms with Crippen molar-refractivity contribution in [3.05, 3.63) is 38.9 Å². The summed E-state index contributed by atoms with van der Waals surface area (Å²) in [7, 11) is 0. The number of hydrogen-bond donors (Lipinski definition) is 0. The van der Waals surface area contributed by atoms with E-state index in [9.17, 15) is 14.9 Å². The minimum atomic E-state index is -0.598. The van der Waals surface area contributed by atoms with Crippen LogP contribution in [0, 0.1) is 27.9 Å². The second-order valence-corrected chi connectivity index (χ2v) is 7.10. The van der Waals surface area contributed by atoms with E-state index in [1.54, 1.807) is 0 Å². The summed E-state index contributed by atoms with van der Waals surface area (Å²) in [6.45, 7) is 6.42. The Labute approximate surface area is 141 Å². The number of carbonyl (C=O) groups is 1. The number of benzene rings is 1. The maximum absolute atomic E-state index is 12.4. The summed E-state index contributed by atoms with van der Waals surface area (Å²) in [6.07, 6.45) is 2.88. The number of nitrogens with zero attached hydrogens (tertiary/aromatic N) is 1. The van der Waals surface area contributed by atoms with Crippen molar-refractivity contribution in [1.29, 1.82) is 0 Å². The molecule has 0 saturated heterocycles. The van der Waals surface area contributed by atoms with Crippen LogP contribution in [0.25, 0.3) is 0 Å². The molecule has 3 atom stereocenters. The molecule has 0 aromatic heterocycles. The highest BCUT2D eigenvalue weighted by molar-refractivity contribution is 6.32. The van der Waals surface area contributed by atoms with Gasteiger partial charge < -0.3 is 4.74 Å². The first-order valence-corrected chi connectivity index (χ1v) is 8.32. The molecule has 0 radical (unpaired) electrons. The fraction of sp³-hybridized carbons (Fsp3) is 0.588. The second-order valence-electron chi connectivity index (χ2n) is 6.69. The largest absolute Gasteiger partial charge is 0.458 e. The average Bonchev–Trinajstić information content (AvgIpc) is 2.46. The summed E-state index contributed by atoms with van der Waals surface area (Å²) < 4.78 is 5.69. The van der Waals surface area contributed by atoms with Gasteiger partial charge >= 0.3 is 5.97 Å². The molecule has 6 heteroatoms. The average molecular weight is 340 g/mol. The van der Waals surface area contributed by atoms with Crippen molar-refractivity contribution in [2.45, 2.75) is 46.1 Å². The SMILES string of the molecule is CC(C)[C@@H]1CC[C@H](C)C[C@H]1OC(=O)c1ccc(Cl)c([N+](=O)[O-])c1. The standard InChI is InChI=1S/C17H22ClNO4/c1-10(2)13-6-4-11(3)8-16(13)23-17(20)12-5-7-14(18)15(9-12)19(21)22/h5,7,9-11,13,16H,4,6,8H2,1-3H3/t11-,13-,16+/m0/s1. The van der Waals surface area contributed by atoms with Crippen LogP contribution in [-0.4, -0.2) is 17.0 Å². The molecule has 5 nitrogen and oxygen atoms in total. The number of esters is 1. The van der Waals surface area contributed by atoms with Crippen molar-refractivity contribution >= 4 is 23.3 Å². The molecule has 23 heavy (non-hydrogen) atoms. The molecule has 0 bridgehead atoms. The predicted octanol–water partition coefficient (Wildman–Crippen LogP) is 4.87. The van der Waals surface area contributed by atoms with Gasteiger partial charge in [0.1, 0.15) is 11.1 Å². The van der Waals surface area contributed by atoms with Crippen molar-refractivity contribution < 1.29 is 14.5 Å². The van der Waals surface area contributed by atoms with Crippen LogP contribution >= 0.6 is 11.6 Å². The summed E-state index contributed by atoms with van der Waals surface area (Å²) >= 11 is 5.78. The summed E-state index contributed by atoms with van der Waals surface area (Å²) in [5.74, 6) is 0.758. The van der Waals surface area contributed by atoms with E-state index in [1.165, 1.54) is 18.2 Å². The maximum Gasteiger partial charge on any atom is 0.338 e. The molecule has 2 rings (SSSR count). The molecule has 126 valence electrons. The van der Waals surface area contributed by atoms with Gasteiger partial charge in [-0.25, -0.2) is 4.79 Å². The van der Waals surface area contributed by atoms with Crippen molar-refractivity contribution in [3.63, 3.8) is 0 Å². The van der Waals surface area contributed by atoms with Gasteiger partial charge in [0.2, 0.25) is 0 Å². The minimum absolute atomic E-state index is 0.0119. The quantitative estimate of drug-likeness (QED) is 0.446. The second kappa shape index (κ2) is 7.30. The Morgan fingerprint density at radius 2 is 2.09 bits per heavy atom. The van der Waals surface area contributed by atoms with Gasteiger partial charge in [-0.3, -0.25) is 10.1 Å². The van der Waals surface area contributed by atoms with Gasteiger partial charge in [0.25, 0.3) is 5.69 Å². The molecular formula is C17H22ClNO4. The lowest BCUT2D eigenvalue weighted by molar-refractivity contribution is -0.384. The Morgan fingerprint density at radius 3 is 2.70 bits per heavy atom. The third-order valence-electron chi connectivity index (χ3n) is 4.60. The van der Waals surface area contributed by atoms with E-state index in [-0.39, 0.29) is 22.4 Å². The summed E-state index contributed by atoms with van der Waals surface area (Å²) in [6, 6.07) is 4.01. The summed E-state index contributed by atoms with van der Waals surface area (Å²) in [5.41, 5.74) is -0.111. The van der Waals surface area contributed by atoms with Crippen LogP contribution in [0.1, 0.15) is 50.4 Å². The van der Waals surface area contributed by atoms with E-state index in [0.717, 1.165) is 19.3 Å². The molecule has 0 amide bonds. The number of ether oxygens (including phenoxy) is 1. The third-order valence-corrected chi connectivity index (χ3v) is 4.92. The monoisotopic (exact) mass is 339 g/mol. The number of halogens is 1. The Kier molecular flexibility index (Phi) is 5.63. The molecule has 1 saturated carbocycles. The predicted molar refractivity (Wildman–Crippen MR) is 88.7 cm³/mol. The number of nitro groups is 1. The molecule has 0 unspecified atom stereocenters. The zero-order chi connectivity index (χ0) is 17.1. The van der Waals surface area contributed by atoms with Gasteiger partial charge in [0.15, 0.2) is 0 Å². The molecule has 1 aromatic carbocycles. The van der Waals surface area contributed by atoms with Crippen LogP contribution in [0.2, 0.25) is 5.02 Å². The Bertz CT molecular complexity index is 602. The molecule has 1 aliphatic rings. The normalized spacial score (nSPS) is 24.5. The van der Waals surface area contributed by atoms with Crippen LogP contribution in [-0.2, 0) is 4.74 Å². The van der Waals surface area contributed by atoms with E-state index < -0.39 is 10.9 Å². The molecule has 1 aromatic rings. The van der Waals surface area contributed by atoms with Crippen LogP contribution in [0.3, 0.4) is 0 Å². The van der Waals surface area contributed by atoms with Gasteiger partial charge in [-0.05, 0) is 42.7 Å². The molecule has 0 heterocycles. The van der Waals surface area contributed by atoms with E-state index in [4.69, 9.17) is 16.3 Å². The van der Waals surface area contributed by atoms with Crippen LogP contribution < -0.4 is 0 Å². The zero-order valence-corrected chi connectivity index (χ0v) is 14.4. The van der Waals surface area contributed by atoms with Crippen LogP contribution in [0.5, 0.6) is 0 Å². The van der Waals surface area contributed by atoms with E-state index >= 15 is 0 Å². The molecule has 1 fully saturated rings. The molecular weight excluding hydrogens is 318 g/mol. The van der Waals surface area contributed by atoms with Gasteiger partial charge in [0, 0.05) is 6.07 Å². The maximum atomic E-state index is 12.4. The zero-order valence-electron chi connectivity index (χ0n) is 13.6. The number of carbonyl (C=O) groups excluding carboxylic acids is 1. The highest BCUT2D eigenvalue weighted by Gasteiger charge is 2.33. The number of nitro benzene ring substituents is 1. The van der Waals surface area contributed by atoms with Gasteiger partial charge in [-0.1, -0.05) is 38.8 Å². The van der Waals surface area contributed by atoms with Gasteiger partial charge in [-0.2, -0.15) is 0 Å². The summed E-state index contributed by atoms with van der Waals surface area (Å²) in [5, 5.41) is 11.0. The first kappa shape index (κ1) is 17.7. The smallest absolute Gasteiger partial charge is 0.338 e. The highest BCUT2D eigenvalue weighted by atomic mass is 35.5. The lowest BCUT2D eigenvalue weighted by Crippen LogP contribution is -2.35. The van der Waals surface area contributed by atoms with Crippen LogP contribution in [0.15, 0.2) is 18.2 Å². The van der Waals surface area contributed by atoms with Gasteiger partial charge in [-0.15, -0.1) is 0 Å². The highest BCUT2D eigenvalue weighted by Crippen LogP contribution is 2.36. The molecule has 0 N–H and O–H groups in total. The Morgan fingerprint density at radius 1 is 1.39 bits per heavy atom. The first-order valence-electron chi connectivity index (χ1n) is 7.94. The lowest BCUT2D eigenvalue weighted by Gasteiger charge is -2.36.